The molecule has 1 N–H and O–H groups in total. The van der Waals surface area contributed by atoms with Crippen molar-refractivity contribution in [3.8, 4) is 11.8 Å². The molecule has 0 bridgehead atoms. The molecule has 0 amide bonds. The molecule has 1 aliphatic carbocycles. The lowest BCUT2D eigenvalue weighted by molar-refractivity contribution is 0.263. The van der Waals surface area contributed by atoms with Crippen molar-refractivity contribution in [3.63, 3.8) is 0 Å². The third-order valence-electron chi connectivity index (χ3n) is 3.89. The van der Waals surface area contributed by atoms with Gasteiger partial charge in [0, 0.05) is 11.6 Å². The Balaban J connectivity index is 1.79. The number of nitrogens with one attached hydrogen (secondary N) is 1. The van der Waals surface area contributed by atoms with E-state index in [1.165, 1.54) is 32.1 Å². The van der Waals surface area contributed by atoms with Crippen molar-refractivity contribution in [1.82, 2.24) is 5.32 Å². The van der Waals surface area contributed by atoms with E-state index in [4.69, 9.17) is 0 Å². The van der Waals surface area contributed by atoms with Gasteiger partial charge in [0.25, 0.3) is 0 Å². The number of hydrogen-bond donors (Lipinski definition) is 1. The van der Waals surface area contributed by atoms with E-state index in [0.717, 1.165) is 18.0 Å². The zero-order valence-corrected chi connectivity index (χ0v) is 11.3. The SMILES string of the molecule is CCC1CCCCC1NCC#Cc1ccccc1. The summed E-state index contributed by atoms with van der Waals surface area (Å²) in [6.07, 6.45) is 6.79. The number of rotatable bonds is 3. The second-order valence-corrected chi connectivity index (χ2v) is 5.11. The van der Waals surface area contributed by atoms with Crippen LogP contribution in [0.25, 0.3) is 0 Å². The van der Waals surface area contributed by atoms with Gasteiger partial charge < -0.3 is 5.32 Å². The molecular formula is C17H23N. The fourth-order valence-electron chi connectivity index (χ4n) is 2.81. The Morgan fingerprint density at radius 2 is 1.94 bits per heavy atom. The first kappa shape index (κ1) is 13.2. The van der Waals surface area contributed by atoms with E-state index in [1.54, 1.807) is 0 Å². The molecule has 0 radical (unpaired) electrons. The molecular weight excluding hydrogens is 218 g/mol. The van der Waals surface area contributed by atoms with E-state index in [2.05, 4.69) is 36.2 Å². The van der Waals surface area contributed by atoms with Crippen LogP contribution in [0.4, 0.5) is 0 Å². The van der Waals surface area contributed by atoms with Gasteiger partial charge in [-0.25, -0.2) is 0 Å². The third kappa shape index (κ3) is 3.89. The smallest absolute Gasteiger partial charge is 0.0582 e. The fourth-order valence-corrected chi connectivity index (χ4v) is 2.81. The zero-order chi connectivity index (χ0) is 12.6. The highest BCUT2D eigenvalue weighted by molar-refractivity contribution is 5.33. The molecule has 0 aliphatic heterocycles. The lowest BCUT2D eigenvalue weighted by Crippen LogP contribution is -2.38. The summed E-state index contributed by atoms with van der Waals surface area (Å²) >= 11 is 0. The highest BCUT2D eigenvalue weighted by atomic mass is 14.9. The van der Waals surface area contributed by atoms with Crippen LogP contribution in [-0.4, -0.2) is 12.6 Å². The third-order valence-corrected chi connectivity index (χ3v) is 3.89. The molecule has 0 spiro atoms. The molecule has 1 heteroatoms. The summed E-state index contributed by atoms with van der Waals surface area (Å²) in [7, 11) is 0. The summed E-state index contributed by atoms with van der Waals surface area (Å²) in [6, 6.07) is 10.9. The van der Waals surface area contributed by atoms with Crippen molar-refractivity contribution in [2.75, 3.05) is 6.54 Å². The first-order valence-corrected chi connectivity index (χ1v) is 7.17. The quantitative estimate of drug-likeness (QED) is 0.797. The van der Waals surface area contributed by atoms with Crippen molar-refractivity contribution >= 4 is 0 Å². The van der Waals surface area contributed by atoms with Crippen LogP contribution in [0, 0.1) is 17.8 Å². The van der Waals surface area contributed by atoms with Crippen molar-refractivity contribution < 1.29 is 0 Å². The van der Waals surface area contributed by atoms with E-state index in [-0.39, 0.29) is 0 Å². The average molecular weight is 241 g/mol. The fraction of sp³-hybridized carbons (Fsp3) is 0.529. The maximum absolute atomic E-state index is 3.62. The highest BCUT2D eigenvalue weighted by Crippen LogP contribution is 2.26. The van der Waals surface area contributed by atoms with Gasteiger partial charge in [-0.1, -0.05) is 56.2 Å². The van der Waals surface area contributed by atoms with Gasteiger partial charge in [0.2, 0.25) is 0 Å². The Kier molecular flexibility index (Phi) is 5.30. The predicted molar refractivity (Wildman–Crippen MR) is 77.4 cm³/mol. The molecule has 96 valence electrons. The molecule has 2 atom stereocenters. The van der Waals surface area contributed by atoms with Gasteiger partial charge in [-0.05, 0) is 30.9 Å². The predicted octanol–water partition coefficient (Wildman–Crippen LogP) is 3.60. The molecule has 1 aromatic rings. The van der Waals surface area contributed by atoms with Gasteiger partial charge in [0.15, 0.2) is 0 Å². The van der Waals surface area contributed by atoms with Crippen molar-refractivity contribution in [2.45, 2.75) is 45.1 Å². The lowest BCUT2D eigenvalue weighted by Gasteiger charge is -2.31. The van der Waals surface area contributed by atoms with E-state index < -0.39 is 0 Å². The Morgan fingerprint density at radius 3 is 2.72 bits per heavy atom. The van der Waals surface area contributed by atoms with Crippen LogP contribution in [0.1, 0.15) is 44.6 Å². The zero-order valence-electron chi connectivity index (χ0n) is 11.3. The van der Waals surface area contributed by atoms with Crippen molar-refractivity contribution in [1.29, 1.82) is 0 Å². The Bertz CT molecular complexity index is 399. The summed E-state index contributed by atoms with van der Waals surface area (Å²) in [5, 5.41) is 3.62. The molecule has 0 aromatic heterocycles. The van der Waals surface area contributed by atoms with Crippen molar-refractivity contribution in [3.05, 3.63) is 35.9 Å². The molecule has 2 unspecified atom stereocenters. The second kappa shape index (κ2) is 7.24. The summed E-state index contributed by atoms with van der Waals surface area (Å²) in [6.45, 7) is 3.12. The molecule has 0 heterocycles. The lowest BCUT2D eigenvalue weighted by atomic mass is 9.83. The molecule has 2 rings (SSSR count). The Morgan fingerprint density at radius 1 is 1.17 bits per heavy atom. The van der Waals surface area contributed by atoms with Gasteiger partial charge in [0.05, 0.1) is 6.54 Å². The molecule has 1 nitrogen and oxygen atoms in total. The molecule has 1 saturated carbocycles. The second-order valence-electron chi connectivity index (χ2n) is 5.11. The first-order valence-electron chi connectivity index (χ1n) is 7.17. The van der Waals surface area contributed by atoms with Crippen LogP contribution in [0.15, 0.2) is 30.3 Å². The largest absolute Gasteiger partial charge is 0.303 e. The van der Waals surface area contributed by atoms with Crippen LogP contribution in [0.2, 0.25) is 0 Å². The standard InChI is InChI=1S/C17H23N/c1-2-16-12-6-7-13-17(16)18-14-8-11-15-9-4-3-5-10-15/h3-5,9-10,16-18H,2,6-7,12-14H2,1H3. The minimum absolute atomic E-state index is 0.689. The summed E-state index contributed by atoms with van der Waals surface area (Å²) in [5.74, 6) is 7.30. The monoisotopic (exact) mass is 241 g/mol. The minimum Gasteiger partial charge on any atom is -0.303 e. The van der Waals surface area contributed by atoms with Crippen LogP contribution >= 0.6 is 0 Å². The summed E-state index contributed by atoms with van der Waals surface area (Å²) < 4.78 is 0. The number of benzene rings is 1. The maximum atomic E-state index is 3.62. The topological polar surface area (TPSA) is 12.0 Å². The molecule has 1 fully saturated rings. The van der Waals surface area contributed by atoms with Gasteiger partial charge in [-0.3, -0.25) is 0 Å². The highest BCUT2D eigenvalue weighted by Gasteiger charge is 2.22. The van der Waals surface area contributed by atoms with E-state index in [9.17, 15) is 0 Å². The van der Waals surface area contributed by atoms with E-state index >= 15 is 0 Å². The van der Waals surface area contributed by atoms with Crippen LogP contribution in [0.3, 0.4) is 0 Å². The summed E-state index contributed by atoms with van der Waals surface area (Å²) in [5.41, 5.74) is 1.11. The van der Waals surface area contributed by atoms with Gasteiger partial charge in [-0.2, -0.15) is 0 Å². The van der Waals surface area contributed by atoms with E-state index in [1.807, 2.05) is 18.2 Å². The Labute approximate surface area is 111 Å². The first-order chi connectivity index (χ1) is 8.90. The van der Waals surface area contributed by atoms with Gasteiger partial charge >= 0.3 is 0 Å². The van der Waals surface area contributed by atoms with Gasteiger partial charge in [0.1, 0.15) is 0 Å². The molecule has 0 saturated heterocycles. The van der Waals surface area contributed by atoms with Crippen molar-refractivity contribution in [2.24, 2.45) is 5.92 Å². The van der Waals surface area contributed by atoms with Crippen LogP contribution in [0.5, 0.6) is 0 Å². The minimum atomic E-state index is 0.689. The Hall–Kier alpha value is -1.26. The maximum Gasteiger partial charge on any atom is 0.0582 e. The molecule has 18 heavy (non-hydrogen) atoms. The normalized spacial score (nSPS) is 23.2. The van der Waals surface area contributed by atoms with E-state index in [0.29, 0.717) is 6.04 Å². The molecule has 1 aliphatic rings. The van der Waals surface area contributed by atoms with Gasteiger partial charge in [-0.15, -0.1) is 0 Å². The van der Waals surface area contributed by atoms with Crippen LogP contribution < -0.4 is 5.32 Å². The summed E-state index contributed by atoms with van der Waals surface area (Å²) in [4.78, 5) is 0. The number of hydrogen-bond acceptors (Lipinski definition) is 1. The molecule has 1 aromatic carbocycles. The average Bonchev–Trinajstić information content (AvgIpc) is 2.45. The van der Waals surface area contributed by atoms with Crippen LogP contribution in [-0.2, 0) is 0 Å².